The molecule has 82 heavy (non-hydrogen) atoms. The standard InChI is InChI=1S/C80H60N2/c1-79(2)73-47-55(35-43-69(73)71-45-41-65(51-75(71)79)81(63-39-37-57-15-5-7-19-61(57)49-63)77-25-13-21-59-17-9-11-23-67(59)77)33-31-53-27-29-54(30-28-53)32-34-56-36-44-70-72-46-42-66(52-76(72)80(3,4)74(70)48-56)82(64-40-38-58-16-6-8-20-62(58)50-64)78-26-14-22-60-18-10-12-24-68(60)78/h5-52H,1-4H3. The molecule has 0 heterocycles. The highest BCUT2D eigenvalue weighted by molar-refractivity contribution is 6.03. The third-order valence-corrected chi connectivity index (χ3v) is 17.8. The zero-order valence-electron chi connectivity index (χ0n) is 46.6. The van der Waals surface area contributed by atoms with Crippen LogP contribution in [0.25, 0.3) is 89.6 Å². The lowest BCUT2D eigenvalue weighted by atomic mass is 9.81. The van der Waals surface area contributed by atoms with E-state index in [-0.39, 0.29) is 10.8 Å². The first-order chi connectivity index (χ1) is 40.1. The first-order valence-corrected chi connectivity index (χ1v) is 28.7. The fourth-order valence-corrected chi connectivity index (χ4v) is 13.4. The first-order valence-electron chi connectivity index (χ1n) is 28.7. The quantitative estimate of drug-likeness (QED) is 0.126. The van der Waals surface area contributed by atoms with Crippen molar-refractivity contribution in [1.82, 2.24) is 0 Å². The predicted molar refractivity (Wildman–Crippen MR) is 352 cm³/mol. The maximum Gasteiger partial charge on any atom is 0.0540 e. The van der Waals surface area contributed by atoms with Crippen molar-refractivity contribution in [2.24, 2.45) is 0 Å². The van der Waals surface area contributed by atoms with Gasteiger partial charge in [0.2, 0.25) is 0 Å². The zero-order chi connectivity index (χ0) is 55.1. The number of benzene rings is 13. The van der Waals surface area contributed by atoms with Gasteiger partial charge in [0.15, 0.2) is 0 Å². The van der Waals surface area contributed by atoms with Crippen LogP contribution in [0.2, 0.25) is 0 Å². The average Bonchev–Trinajstić information content (AvgIpc) is 3.45. The van der Waals surface area contributed by atoms with Gasteiger partial charge in [-0.2, -0.15) is 0 Å². The van der Waals surface area contributed by atoms with Crippen molar-refractivity contribution in [2.45, 2.75) is 38.5 Å². The summed E-state index contributed by atoms with van der Waals surface area (Å²) in [4.78, 5) is 4.89. The second kappa shape index (κ2) is 19.4. The molecule has 0 saturated heterocycles. The molecule has 0 spiro atoms. The van der Waals surface area contributed by atoms with Gasteiger partial charge < -0.3 is 9.80 Å². The van der Waals surface area contributed by atoms with E-state index in [0.717, 1.165) is 22.7 Å². The first kappa shape index (κ1) is 49.1. The van der Waals surface area contributed by atoms with E-state index in [1.165, 1.54) is 121 Å². The summed E-state index contributed by atoms with van der Waals surface area (Å²) in [6.45, 7) is 9.53. The fourth-order valence-electron chi connectivity index (χ4n) is 13.4. The molecule has 2 nitrogen and oxygen atoms in total. The smallest absolute Gasteiger partial charge is 0.0540 e. The SMILES string of the molecule is CC1(C)c2cc(C=Cc3ccc(C=Cc4ccc5c(c4)C(C)(C)c4cc(N(c6ccc7ccccc7c6)c6cccc7ccccc67)ccc4-5)cc3)ccc2-c2ccc(N(c3ccc4ccccc4c3)c3cccc4ccccc34)cc21. The lowest BCUT2D eigenvalue weighted by Gasteiger charge is -2.29. The van der Waals surface area contributed by atoms with Crippen LogP contribution in [0.4, 0.5) is 34.1 Å². The molecule has 13 aromatic rings. The summed E-state index contributed by atoms with van der Waals surface area (Å²) in [5.74, 6) is 0. The van der Waals surface area contributed by atoms with Crippen LogP contribution in [0.3, 0.4) is 0 Å². The molecule has 0 amide bonds. The summed E-state index contributed by atoms with van der Waals surface area (Å²) < 4.78 is 0. The van der Waals surface area contributed by atoms with Crippen molar-refractivity contribution in [2.75, 3.05) is 9.80 Å². The molecular formula is C80H60N2. The van der Waals surface area contributed by atoms with Gasteiger partial charge in [0.05, 0.1) is 11.4 Å². The summed E-state index contributed by atoms with van der Waals surface area (Å²) in [5, 5.41) is 9.83. The van der Waals surface area contributed by atoms with Gasteiger partial charge in [-0.3, -0.25) is 0 Å². The van der Waals surface area contributed by atoms with Gasteiger partial charge in [-0.05, 0) is 160 Å². The van der Waals surface area contributed by atoms with Crippen molar-refractivity contribution < 1.29 is 0 Å². The molecule has 0 aromatic heterocycles. The molecular weight excluding hydrogens is 989 g/mol. The lowest BCUT2D eigenvalue weighted by molar-refractivity contribution is 0.660. The minimum absolute atomic E-state index is 0.201. The molecule has 13 aromatic carbocycles. The second-order valence-corrected chi connectivity index (χ2v) is 23.4. The Morgan fingerprint density at radius 1 is 0.244 bits per heavy atom. The van der Waals surface area contributed by atoms with Crippen LogP contribution >= 0.6 is 0 Å². The van der Waals surface area contributed by atoms with Gasteiger partial charge in [0, 0.05) is 44.4 Å². The summed E-state index contributed by atoms with van der Waals surface area (Å²) >= 11 is 0. The largest absolute Gasteiger partial charge is 0.310 e. The van der Waals surface area contributed by atoms with Crippen LogP contribution in [0.5, 0.6) is 0 Å². The maximum absolute atomic E-state index is 2.44. The molecule has 0 aliphatic heterocycles. The van der Waals surface area contributed by atoms with E-state index in [4.69, 9.17) is 0 Å². The Hall–Kier alpha value is -10.0. The van der Waals surface area contributed by atoms with Crippen molar-refractivity contribution in [1.29, 1.82) is 0 Å². The summed E-state index contributed by atoms with van der Waals surface area (Å²) in [6, 6.07) is 98.7. The van der Waals surface area contributed by atoms with Gasteiger partial charge in [0.1, 0.15) is 0 Å². The third kappa shape index (κ3) is 8.33. The fraction of sp³-hybridized carbons (Fsp3) is 0.0750. The zero-order valence-corrected chi connectivity index (χ0v) is 46.6. The Balaban J connectivity index is 0.672. The van der Waals surface area contributed by atoms with Crippen LogP contribution in [0, 0.1) is 0 Å². The minimum Gasteiger partial charge on any atom is -0.310 e. The van der Waals surface area contributed by atoms with Crippen molar-refractivity contribution in [3.05, 3.63) is 311 Å². The van der Waals surface area contributed by atoms with Crippen LogP contribution in [-0.2, 0) is 10.8 Å². The molecule has 390 valence electrons. The Kier molecular flexibility index (Phi) is 11.6. The normalized spacial score (nSPS) is 13.7. The average molecular weight is 1050 g/mol. The van der Waals surface area contributed by atoms with Crippen molar-refractivity contribution >= 4 is 102 Å². The molecule has 0 bridgehead atoms. The van der Waals surface area contributed by atoms with Crippen LogP contribution < -0.4 is 9.80 Å². The van der Waals surface area contributed by atoms with E-state index >= 15 is 0 Å². The topological polar surface area (TPSA) is 6.48 Å². The van der Waals surface area contributed by atoms with Gasteiger partial charge in [-0.25, -0.2) is 0 Å². The van der Waals surface area contributed by atoms with Gasteiger partial charge in [0.25, 0.3) is 0 Å². The van der Waals surface area contributed by atoms with Crippen LogP contribution in [0.15, 0.2) is 267 Å². The van der Waals surface area contributed by atoms with Crippen LogP contribution in [0.1, 0.15) is 72.2 Å². The van der Waals surface area contributed by atoms with E-state index in [9.17, 15) is 0 Å². The van der Waals surface area contributed by atoms with Crippen molar-refractivity contribution in [3.8, 4) is 22.3 Å². The molecule has 2 heteroatoms. The molecule has 0 N–H and O–H groups in total. The Morgan fingerprint density at radius 2 is 0.549 bits per heavy atom. The molecule has 2 aliphatic rings. The molecule has 0 fully saturated rings. The number of hydrogen-bond acceptors (Lipinski definition) is 2. The number of nitrogens with zero attached hydrogens (tertiary/aromatic N) is 2. The van der Waals surface area contributed by atoms with E-state index < -0.39 is 0 Å². The number of fused-ring (bicyclic) bond motifs is 10. The molecule has 15 rings (SSSR count). The van der Waals surface area contributed by atoms with E-state index in [2.05, 4.69) is 329 Å². The highest BCUT2D eigenvalue weighted by Gasteiger charge is 2.38. The van der Waals surface area contributed by atoms with Gasteiger partial charge in [-0.1, -0.05) is 258 Å². The maximum atomic E-state index is 2.44. The van der Waals surface area contributed by atoms with Gasteiger partial charge >= 0.3 is 0 Å². The molecule has 0 saturated carbocycles. The minimum atomic E-state index is -0.201. The highest BCUT2D eigenvalue weighted by Crippen LogP contribution is 2.54. The van der Waals surface area contributed by atoms with E-state index in [1.54, 1.807) is 0 Å². The van der Waals surface area contributed by atoms with E-state index in [0.29, 0.717) is 0 Å². The Bertz CT molecular complexity index is 4450. The summed E-state index contributed by atoms with van der Waals surface area (Å²) in [7, 11) is 0. The number of hydrogen-bond donors (Lipinski definition) is 0. The molecule has 0 unspecified atom stereocenters. The number of rotatable bonds is 10. The highest BCUT2D eigenvalue weighted by atomic mass is 15.1. The van der Waals surface area contributed by atoms with Crippen LogP contribution in [-0.4, -0.2) is 0 Å². The molecule has 2 aliphatic carbocycles. The molecule has 0 atom stereocenters. The van der Waals surface area contributed by atoms with E-state index in [1.807, 2.05) is 0 Å². The Labute approximate surface area is 480 Å². The molecule has 0 radical (unpaired) electrons. The summed E-state index contributed by atoms with van der Waals surface area (Å²) in [5.41, 5.74) is 21.9. The van der Waals surface area contributed by atoms with Crippen molar-refractivity contribution in [3.63, 3.8) is 0 Å². The Morgan fingerprint density at radius 3 is 0.976 bits per heavy atom. The predicted octanol–water partition coefficient (Wildman–Crippen LogP) is 22.2. The third-order valence-electron chi connectivity index (χ3n) is 17.8. The number of anilines is 6. The second-order valence-electron chi connectivity index (χ2n) is 23.4. The summed E-state index contributed by atoms with van der Waals surface area (Å²) in [6.07, 6.45) is 9.00. The monoisotopic (exact) mass is 1050 g/mol. The lowest BCUT2D eigenvalue weighted by Crippen LogP contribution is -2.17. The van der Waals surface area contributed by atoms with Gasteiger partial charge in [-0.15, -0.1) is 0 Å².